The summed E-state index contributed by atoms with van der Waals surface area (Å²) in [5, 5.41) is 5.29. The van der Waals surface area contributed by atoms with E-state index in [1.165, 1.54) is 5.56 Å². The highest BCUT2D eigenvalue weighted by molar-refractivity contribution is 9.10. The molecule has 1 aromatic heterocycles. The molecule has 27 heavy (non-hydrogen) atoms. The van der Waals surface area contributed by atoms with Crippen LogP contribution in [0.4, 0.5) is 0 Å². The molecule has 1 amide bonds. The Balaban J connectivity index is 1.52. The summed E-state index contributed by atoms with van der Waals surface area (Å²) >= 11 is 9.62. The lowest BCUT2D eigenvalue weighted by Crippen LogP contribution is -2.50. The number of piperazine rings is 1. The maximum absolute atomic E-state index is 12.9. The molecule has 1 aliphatic heterocycles. The summed E-state index contributed by atoms with van der Waals surface area (Å²) in [6.07, 6.45) is 0. The predicted octanol–water partition coefficient (Wildman–Crippen LogP) is 3.90. The van der Waals surface area contributed by atoms with Gasteiger partial charge >= 0.3 is 0 Å². The minimum Gasteiger partial charge on any atom is -0.340 e. The second-order valence-corrected chi connectivity index (χ2v) is 8.53. The number of aryl methyl sites for hydroxylation is 1. The molecular weight excluding hydrogens is 428 g/mol. The van der Waals surface area contributed by atoms with Crippen LogP contribution in [0.5, 0.6) is 0 Å². The van der Waals surface area contributed by atoms with Gasteiger partial charge in [0.25, 0.3) is 0 Å². The van der Waals surface area contributed by atoms with Crippen molar-refractivity contribution in [2.75, 3.05) is 26.2 Å². The van der Waals surface area contributed by atoms with Crippen molar-refractivity contribution < 1.29 is 4.79 Å². The van der Waals surface area contributed by atoms with Crippen molar-refractivity contribution in [3.05, 3.63) is 50.7 Å². The molecule has 1 unspecified atom stereocenters. The Morgan fingerprint density at radius 3 is 2.56 bits per heavy atom. The summed E-state index contributed by atoms with van der Waals surface area (Å²) in [7, 11) is 0. The van der Waals surface area contributed by atoms with Crippen LogP contribution in [-0.4, -0.2) is 51.7 Å². The first-order chi connectivity index (χ1) is 12.8. The largest absolute Gasteiger partial charge is 0.340 e. The van der Waals surface area contributed by atoms with Crippen LogP contribution in [0.25, 0.3) is 0 Å². The fourth-order valence-corrected chi connectivity index (χ4v) is 4.02. The number of aromatic nitrogens is 2. The third kappa shape index (κ3) is 4.92. The molecule has 0 aliphatic carbocycles. The summed E-state index contributed by atoms with van der Waals surface area (Å²) < 4.78 is 2.95. The van der Waals surface area contributed by atoms with E-state index in [9.17, 15) is 4.79 Å². The number of hydrogen-bond acceptors (Lipinski definition) is 3. The molecule has 2 heterocycles. The molecule has 3 rings (SSSR count). The Bertz CT molecular complexity index is 814. The van der Waals surface area contributed by atoms with Crippen LogP contribution in [-0.2, 0) is 17.9 Å². The zero-order valence-corrected chi connectivity index (χ0v) is 18.4. The van der Waals surface area contributed by atoms with Crippen molar-refractivity contribution in [1.82, 2.24) is 19.6 Å². The smallest absolute Gasteiger partial charge is 0.227 e. The summed E-state index contributed by atoms with van der Waals surface area (Å²) in [5.74, 6) is 0.121. The van der Waals surface area contributed by atoms with Gasteiger partial charge in [-0.1, -0.05) is 30.7 Å². The summed E-state index contributed by atoms with van der Waals surface area (Å²) in [6, 6.07) is 7.98. The van der Waals surface area contributed by atoms with E-state index >= 15 is 0 Å². The molecule has 5 nitrogen and oxygen atoms in total. The van der Waals surface area contributed by atoms with Gasteiger partial charge in [0.05, 0.1) is 22.6 Å². The lowest BCUT2D eigenvalue weighted by Gasteiger charge is -2.36. The molecule has 1 atom stereocenters. The maximum atomic E-state index is 12.9. The number of carbonyl (C=O) groups is 1. The molecule has 0 saturated carbocycles. The molecule has 2 aromatic rings. The van der Waals surface area contributed by atoms with Crippen molar-refractivity contribution >= 4 is 33.4 Å². The van der Waals surface area contributed by atoms with Crippen LogP contribution in [0, 0.1) is 19.8 Å². The normalized spacial score (nSPS) is 16.6. The molecular formula is C20H26BrClN4O. The first kappa shape index (κ1) is 20.4. The molecule has 0 N–H and O–H groups in total. The Morgan fingerprint density at radius 1 is 1.26 bits per heavy atom. The van der Waals surface area contributed by atoms with Gasteiger partial charge in [0.15, 0.2) is 0 Å². The van der Waals surface area contributed by atoms with E-state index in [0.29, 0.717) is 6.54 Å². The number of halogens is 2. The maximum Gasteiger partial charge on any atom is 0.227 e. The van der Waals surface area contributed by atoms with E-state index in [1.807, 2.05) is 48.6 Å². The minimum atomic E-state index is -0.0885. The average Bonchev–Trinajstić information content (AvgIpc) is 2.88. The van der Waals surface area contributed by atoms with Crippen LogP contribution >= 0.6 is 27.5 Å². The van der Waals surface area contributed by atoms with E-state index in [0.717, 1.165) is 53.6 Å². The highest BCUT2D eigenvalue weighted by atomic mass is 79.9. The SMILES string of the molecule is Cc1nn(CC(C)C(=O)N2CCN(Cc3cccc(Cl)c3)CC2)c(C)c1Br. The molecule has 1 saturated heterocycles. The quantitative estimate of drug-likeness (QED) is 0.689. The van der Waals surface area contributed by atoms with E-state index < -0.39 is 0 Å². The van der Waals surface area contributed by atoms with Gasteiger partial charge in [0, 0.05) is 43.4 Å². The monoisotopic (exact) mass is 452 g/mol. The van der Waals surface area contributed by atoms with Crippen LogP contribution < -0.4 is 0 Å². The van der Waals surface area contributed by atoms with Gasteiger partial charge < -0.3 is 4.90 Å². The highest BCUT2D eigenvalue weighted by Gasteiger charge is 2.26. The molecule has 1 aromatic carbocycles. The van der Waals surface area contributed by atoms with Gasteiger partial charge in [-0.15, -0.1) is 0 Å². The molecule has 146 valence electrons. The van der Waals surface area contributed by atoms with Crippen LogP contribution in [0.15, 0.2) is 28.7 Å². The predicted molar refractivity (Wildman–Crippen MR) is 112 cm³/mol. The number of carbonyl (C=O) groups excluding carboxylic acids is 1. The van der Waals surface area contributed by atoms with Crippen molar-refractivity contribution in [3.63, 3.8) is 0 Å². The van der Waals surface area contributed by atoms with Crippen LogP contribution in [0.2, 0.25) is 5.02 Å². The number of amides is 1. The van der Waals surface area contributed by atoms with E-state index in [2.05, 4.69) is 32.0 Å². The average molecular weight is 454 g/mol. The van der Waals surface area contributed by atoms with E-state index in [-0.39, 0.29) is 11.8 Å². The van der Waals surface area contributed by atoms with Crippen molar-refractivity contribution in [3.8, 4) is 0 Å². The summed E-state index contributed by atoms with van der Waals surface area (Å²) in [6.45, 7) is 10.8. The number of rotatable bonds is 5. The third-order valence-corrected chi connectivity index (χ3v) is 6.52. The number of hydrogen-bond donors (Lipinski definition) is 0. The second kappa shape index (κ2) is 8.76. The van der Waals surface area contributed by atoms with Gasteiger partial charge in [0.2, 0.25) is 5.91 Å². The highest BCUT2D eigenvalue weighted by Crippen LogP contribution is 2.21. The van der Waals surface area contributed by atoms with Gasteiger partial charge in [-0.05, 0) is 47.5 Å². The van der Waals surface area contributed by atoms with E-state index in [1.54, 1.807) is 0 Å². The first-order valence-electron chi connectivity index (χ1n) is 9.30. The van der Waals surface area contributed by atoms with Crippen molar-refractivity contribution in [1.29, 1.82) is 0 Å². The van der Waals surface area contributed by atoms with E-state index in [4.69, 9.17) is 11.6 Å². The number of benzene rings is 1. The Hall–Kier alpha value is -1.37. The fourth-order valence-electron chi connectivity index (χ4n) is 3.52. The van der Waals surface area contributed by atoms with Gasteiger partial charge in [-0.3, -0.25) is 14.4 Å². The van der Waals surface area contributed by atoms with Crippen LogP contribution in [0.3, 0.4) is 0 Å². The van der Waals surface area contributed by atoms with Gasteiger partial charge in [-0.25, -0.2) is 0 Å². The molecule has 0 bridgehead atoms. The first-order valence-corrected chi connectivity index (χ1v) is 10.5. The molecule has 1 aliphatic rings. The molecule has 0 radical (unpaired) electrons. The molecule has 1 fully saturated rings. The fraction of sp³-hybridized carbons (Fsp3) is 0.500. The van der Waals surface area contributed by atoms with Crippen molar-refractivity contribution in [2.45, 2.75) is 33.9 Å². The Labute approximate surface area is 174 Å². The van der Waals surface area contributed by atoms with Crippen molar-refractivity contribution in [2.24, 2.45) is 5.92 Å². The topological polar surface area (TPSA) is 41.4 Å². The summed E-state index contributed by atoms with van der Waals surface area (Å²) in [5.41, 5.74) is 3.24. The standard InChI is InChI=1S/C20H26BrClN4O/c1-14(12-26-16(3)19(21)15(2)23-26)20(27)25-9-7-24(8-10-25)13-17-5-4-6-18(22)11-17/h4-6,11,14H,7-10,12-13H2,1-3H3. The third-order valence-electron chi connectivity index (χ3n) is 5.14. The zero-order valence-electron chi connectivity index (χ0n) is 16.1. The van der Waals surface area contributed by atoms with Gasteiger partial charge in [0.1, 0.15) is 0 Å². The Kier molecular flexibility index (Phi) is 6.61. The lowest BCUT2D eigenvalue weighted by molar-refractivity contribution is -0.137. The number of nitrogens with zero attached hydrogens (tertiary/aromatic N) is 4. The van der Waals surface area contributed by atoms with Crippen LogP contribution in [0.1, 0.15) is 23.9 Å². The molecule has 7 heteroatoms. The Morgan fingerprint density at radius 2 is 1.96 bits per heavy atom. The second-order valence-electron chi connectivity index (χ2n) is 7.30. The van der Waals surface area contributed by atoms with Gasteiger partial charge in [-0.2, -0.15) is 5.10 Å². The zero-order chi connectivity index (χ0) is 19.6. The molecule has 0 spiro atoms. The summed E-state index contributed by atoms with van der Waals surface area (Å²) in [4.78, 5) is 17.2. The lowest BCUT2D eigenvalue weighted by atomic mass is 10.1. The minimum absolute atomic E-state index is 0.0885.